The molecular weight excluding hydrogens is 322 g/mol. The van der Waals surface area contributed by atoms with Crippen LogP contribution in [0, 0.1) is 11.8 Å². The molecule has 4 rings (SSSR count). The van der Waals surface area contributed by atoms with E-state index in [1.807, 2.05) is 29.2 Å². The molecule has 1 aliphatic heterocycles. The highest BCUT2D eigenvalue weighted by molar-refractivity contribution is 5.94. The summed E-state index contributed by atoms with van der Waals surface area (Å²) in [7, 11) is 0. The van der Waals surface area contributed by atoms with E-state index in [1.54, 1.807) is 0 Å². The highest BCUT2D eigenvalue weighted by atomic mass is 35.5. The molecule has 2 aliphatic carbocycles. The van der Waals surface area contributed by atoms with E-state index in [0.717, 1.165) is 55.2 Å². The zero-order chi connectivity index (χ0) is 15.8. The Hall–Kier alpha value is -1.10. The lowest BCUT2D eigenvalue weighted by atomic mass is 9.93. The maximum Gasteiger partial charge on any atom is 0.253 e. The van der Waals surface area contributed by atoms with Crippen molar-refractivity contribution in [3.8, 4) is 0 Å². The highest BCUT2D eigenvalue weighted by Crippen LogP contribution is 2.46. The van der Waals surface area contributed by atoms with Gasteiger partial charge >= 0.3 is 0 Å². The average molecular weight is 350 g/mol. The number of piperazine rings is 1. The Bertz CT molecular complexity index is 568. The van der Waals surface area contributed by atoms with Crippen molar-refractivity contribution >= 4 is 18.3 Å². The Morgan fingerprint density at radius 1 is 1.04 bits per heavy atom. The summed E-state index contributed by atoms with van der Waals surface area (Å²) >= 11 is 0. The first kappa shape index (κ1) is 17.7. The molecule has 1 aromatic rings. The number of hydrogen-bond donors (Lipinski definition) is 1. The number of amides is 1. The van der Waals surface area contributed by atoms with Gasteiger partial charge in [-0.3, -0.25) is 9.69 Å². The molecule has 3 atom stereocenters. The molecular formula is C19H28ClN3O. The van der Waals surface area contributed by atoms with Crippen molar-refractivity contribution in [1.29, 1.82) is 0 Å². The van der Waals surface area contributed by atoms with E-state index in [2.05, 4.69) is 4.90 Å². The quantitative estimate of drug-likeness (QED) is 0.912. The molecule has 1 heterocycles. The predicted molar refractivity (Wildman–Crippen MR) is 98.3 cm³/mol. The van der Waals surface area contributed by atoms with E-state index in [0.29, 0.717) is 6.54 Å². The number of carbonyl (C=O) groups excluding carboxylic acids is 1. The van der Waals surface area contributed by atoms with Crippen molar-refractivity contribution in [2.24, 2.45) is 17.6 Å². The molecule has 3 fully saturated rings. The van der Waals surface area contributed by atoms with Crippen LogP contribution in [0.1, 0.15) is 41.6 Å². The minimum atomic E-state index is 0. The number of nitrogens with two attached hydrogens (primary N) is 1. The molecule has 1 aromatic carbocycles. The second-order valence-corrected chi connectivity index (χ2v) is 7.47. The largest absolute Gasteiger partial charge is 0.336 e. The van der Waals surface area contributed by atoms with E-state index in [1.165, 1.54) is 25.7 Å². The van der Waals surface area contributed by atoms with Crippen LogP contribution in [0.25, 0.3) is 0 Å². The molecule has 2 saturated carbocycles. The maximum absolute atomic E-state index is 12.6. The van der Waals surface area contributed by atoms with Gasteiger partial charge in [-0.1, -0.05) is 18.6 Å². The van der Waals surface area contributed by atoms with Gasteiger partial charge in [-0.25, -0.2) is 0 Å². The van der Waals surface area contributed by atoms with Crippen molar-refractivity contribution in [2.45, 2.75) is 38.3 Å². The van der Waals surface area contributed by atoms with Gasteiger partial charge in [0.1, 0.15) is 0 Å². The molecule has 132 valence electrons. The normalized spacial score (nSPS) is 29.5. The molecule has 1 saturated heterocycles. The summed E-state index contributed by atoms with van der Waals surface area (Å²) in [5.74, 6) is 2.10. The van der Waals surface area contributed by atoms with Crippen LogP contribution in [0.3, 0.4) is 0 Å². The second kappa shape index (κ2) is 7.42. The van der Waals surface area contributed by atoms with Crippen molar-refractivity contribution in [3.05, 3.63) is 35.4 Å². The monoisotopic (exact) mass is 349 g/mol. The SMILES string of the molecule is Cl.NCc1ccc(C(=O)N2CCN(C3CC4CCC3C4)CC2)cc1. The van der Waals surface area contributed by atoms with Gasteiger partial charge in [0.25, 0.3) is 5.91 Å². The van der Waals surface area contributed by atoms with Crippen molar-refractivity contribution in [1.82, 2.24) is 9.80 Å². The Kier molecular flexibility index (Phi) is 5.48. The van der Waals surface area contributed by atoms with Crippen LogP contribution in [0.4, 0.5) is 0 Å². The summed E-state index contributed by atoms with van der Waals surface area (Å²) in [4.78, 5) is 17.3. The molecule has 1 amide bonds. The zero-order valence-corrected chi connectivity index (χ0v) is 15.0. The number of benzene rings is 1. The topological polar surface area (TPSA) is 49.6 Å². The smallest absolute Gasteiger partial charge is 0.253 e. The number of rotatable bonds is 3. The number of hydrogen-bond acceptors (Lipinski definition) is 3. The maximum atomic E-state index is 12.6. The fourth-order valence-electron chi connectivity index (χ4n) is 4.88. The molecule has 0 spiro atoms. The number of nitrogens with zero attached hydrogens (tertiary/aromatic N) is 2. The van der Waals surface area contributed by atoms with Crippen LogP contribution in [-0.4, -0.2) is 47.9 Å². The first-order valence-corrected chi connectivity index (χ1v) is 9.07. The Morgan fingerprint density at radius 2 is 1.75 bits per heavy atom. The fraction of sp³-hybridized carbons (Fsp3) is 0.632. The second-order valence-electron chi connectivity index (χ2n) is 7.47. The van der Waals surface area contributed by atoms with Gasteiger partial charge in [0.2, 0.25) is 0 Å². The predicted octanol–water partition coefficient (Wildman–Crippen LogP) is 2.51. The van der Waals surface area contributed by atoms with Crippen LogP contribution in [0.15, 0.2) is 24.3 Å². The molecule has 0 aromatic heterocycles. The van der Waals surface area contributed by atoms with E-state index in [9.17, 15) is 4.79 Å². The lowest BCUT2D eigenvalue weighted by Crippen LogP contribution is -2.53. The third-order valence-corrected chi connectivity index (χ3v) is 6.21. The van der Waals surface area contributed by atoms with Crippen molar-refractivity contribution in [2.75, 3.05) is 26.2 Å². The first-order chi connectivity index (χ1) is 11.2. The third-order valence-electron chi connectivity index (χ3n) is 6.21. The van der Waals surface area contributed by atoms with Gasteiger partial charge in [0.05, 0.1) is 0 Å². The molecule has 0 radical (unpaired) electrons. The van der Waals surface area contributed by atoms with Crippen molar-refractivity contribution in [3.63, 3.8) is 0 Å². The molecule has 5 heteroatoms. The third kappa shape index (κ3) is 3.32. The van der Waals surface area contributed by atoms with Crippen LogP contribution >= 0.6 is 12.4 Å². The average Bonchev–Trinajstić information content (AvgIpc) is 3.25. The summed E-state index contributed by atoms with van der Waals surface area (Å²) in [6, 6.07) is 8.53. The van der Waals surface area contributed by atoms with Crippen molar-refractivity contribution < 1.29 is 4.79 Å². The minimum Gasteiger partial charge on any atom is -0.336 e. The van der Waals surface area contributed by atoms with E-state index >= 15 is 0 Å². The van der Waals surface area contributed by atoms with Gasteiger partial charge in [-0.2, -0.15) is 0 Å². The van der Waals surface area contributed by atoms with Crippen LogP contribution in [0.5, 0.6) is 0 Å². The molecule has 4 nitrogen and oxygen atoms in total. The van der Waals surface area contributed by atoms with Gasteiger partial charge in [-0.05, 0) is 48.8 Å². The molecule has 2 N–H and O–H groups in total. The van der Waals surface area contributed by atoms with Crippen LogP contribution in [-0.2, 0) is 6.54 Å². The molecule has 3 aliphatic rings. The van der Waals surface area contributed by atoms with Gasteiger partial charge in [-0.15, -0.1) is 12.4 Å². The first-order valence-electron chi connectivity index (χ1n) is 9.07. The highest BCUT2D eigenvalue weighted by Gasteiger charge is 2.42. The van der Waals surface area contributed by atoms with E-state index in [-0.39, 0.29) is 18.3 Å². The molecule has 24 heavy (non-hydrogen) atoms. The number of fused-ring (bicyclic) bond motifs is 2. The fourth-order valence-corrected chi connectivity index (χ4v) is 4.88. The van der Waals surface area contributed by atoms with Gasteiger partial charge < -0.3 is 10.6 Å². The Morgan fingerprint density at radius 3 is 2.29 bits per heavy atom. The zero-order valence-electron chi connectivity index (χ0n) is 14.2. The minimum absolute atomic E-state index is 0. The summed E-state index contributed by atoms with van der Waals surface area (Å²) in [6.45, 7) is 4.34. The lowest BCUT2D eigenvalue weighted by molar-refractivity contribution is 0.0496. The molecule has 2 bridgehead atoms. The summed E-state index contributed by atoms with van der Waals surface area (Å²) in [6.07, 6.45) is 5.75. The molecule has 3 unspecified atom stereocenters. The number of halogens is 1. The van der Waals surface area contributed by atoms with E-state index in [4.69, 9.17) is 5.73 Å². The van der Waals surface area contributed by atoms with Gasteiger partial charge in [0.15, 0.2) is 0 Å². The van der Waals surface area contributed by atoms with Crippen LogP contribution in [0.2, 0.25) is 0 Å². The Balaban J connectivity index is 0.00000169. The summed E-state index contributed by atoms with van der Waals surface area (Å²) in [5.41, 5.74) is 7.48. The van der Waals surface area contributed by atoms with Crippen LogP contribution < -0.4 is 5.73 Å². The lowest BCUT2D eigenvalue weighted by Gasteiger charge is -2.41. The van der Waals surface area contributed by atoms with E-state index < -0.39 is 0 Å². The standard InChI is InChI=1S/C19H27N3O.ClH/c20-13-14-1-4-16(5-2-14)19(23)22-9-7-21(8-10-22)18-12-15-3-6-17(18)11-15;/h1-2,4-5,15,17-18H,3,6-13,20H2;1H. The van der Waals surface area contributed by atoms with Gasteiger partial charge in [0, 0.05) is 44.3 Å². The summed E-state index contributed by atoms with van der Waals surface area (Å²) < 4.78 is 0. The number of carbonyl (C=O) groups is 1. The Labute approximate surface area is 150 Å². The summed E-state index contributed by atoms with van der Waals surface area (Å²) in [5, 5.41) is 0.